The van der Waals surface area contributed by atoms with Crippen LogP contribution in [0.25, 0.3) is 5.52 Å². The van der Waals surface area contributed by atoms with Crippen LogP contribution in [0.3, 0.4) is 0 Å². The third kappa shape index (κ3) is 4.20. The highest BCUT2D eigenvalue weighted by Crippen LogP contribution is 2.29. The molecule has 1 fully saturated rings. The highest BCUT2D eigenvalue weighted by atomic mass is 19.3. The number of hydrogen-bond donors (Lipinski definition) is 1. The molecule has 0 aliphatic carbocycles. The standard InChI is InChI=1S/C21H23F3N6O/c1-13(15-4-3-5-16(18(15)22)19(23)24)27-20-17-10-14(11-30(17)26-12-25-20)21(31)29-8-6-28(2)7-9-29/h3-5,10-13,19H,6-9H2,1-2H3,(H,25,26,27)/t13-/m1/s1. The lowest BCUT2D eigenvalue weighted by Gasteiger charge is -2.32. The van der Waals surface area contributed by atoms with Gasteiger partial charge in [0.25, 0.3) is 12.3 Å². The van der Waals surface area contributed by atoms with Gasteiger partial charge in [0, 0.05) is 37.9 Å². The van der Waals surface area contributed by atoms with Crippen LogP contribution in [-0.4, -0.2) is 63.5 Å². The van der Waals surface area contributed by atoms with Gasteiger partial charge in [-0.15, -0.1) is 0 Å². The molecule has 7 nitrogen and oxygen atoms in total. The fourth-order valence-electron chi connectivity index (χ4n) is 3.70. The molecule has 0 bridgehead atoms. The molecule has 1 N–H and O–H groups in total. The summed E-state index contributed by atoms with van der Waals surface area (Å²) in [6.07, 6.45) is 0.0514. The van der Waals surface area contributed by atoms with Crippen LogP contribution < -0.4 is 5.32 Å². The van der Waals surface area contributed by atoms with Crippen molar-refractivity contribution >= 4 is 17.2 Å². The maximum atomic E-state index is 14.5. The van der Waals surface area contributed by atoms with E-state index in [2.05, 4.69) is 20.3 Å². The summed E-state index contributed by atoms with van der Waals surface area (Å²) in [4.78, 5) is 21.0. The van der Waals surface area contributed by atoms with E-state index in [1.807, 2.05) is 7.05 Å². The average Bonchev–Trinajstić information content (AvgIpc) is 3.19. The molecule has 0 unspecified atom stereocenters. The van der Waals surface area contributed by atoms with Crippen LogP contribution in [0.15, 0.2) is 36.8 Å². The number of carbonyl (C=O) groups excluding carboxylic acids is 1. The Morgan fingerprint density at radius 1 is 1.16 bits per heavy atom. The van der Waals surface area contributed by atoms with Crippen molar-refractivity contribution in [2.75, 3.05) is 38.5 Å². The lowest BCUT2D eigenvalue weighted by molar-refractivity contribution is 0.0664. The molecular formula is C21H23F3N6O. The Morgan fingerprint density at radius 2 is 1.87 bits per heavy atom. The molecule has 1 amide bonds. The number of fused-ring (bicyclic) bond motifs is 1. The Hall–Kier alpha value is -3.14. The van der Waals surface area contributed by atoms with Gasteiger partial charge in [-0.25, -0.2) is 22.7 Å². The van der Waals surface area contributed by atoms with Crippen molar-refractivity contribution < 1.29 is 18.0 Å². The molecule has 1 atom stereocenters. The number of benzene rings is 1. The number of nitrogens with zero attached hydrogens (tertiary/aromatic N) is 5. The number of hydrogen-bond acceptors (Lipinski definition) is 5. The van der Waals surface area contributed by atoms with E-state index in [0.29, 0.717) is 30.0 Å². The van der Waals surface area contributed by atoms with E-state index in [1.54, 1.807) is 24.1 Å². The van der Waals surface area contributed by atoms with E-state index >= 15 is 0 Å². The first-order valence-corrected chi connectivity index (χ1v) is 9.99. The lowest BCUT2D eigenvalue weighted by atomic mass is 10.0. The van der Waals surface area contributed by atoms with E-state index in [-0.39, 0.29) is 11.5 Å². The summed E-state index contributed by atoms with van der Waals surface area (Å²) >= 11 is 0. The largest absolute Gasteiger partial charge is 0.362 e. The van der Waals surface area contributed by atoms with Crippen molar-refractivity contribution in [2.45, 2.75) is 19.4 Å². The quantitative estimate of drug-likeness (QED) is 0.670. The second-order valence-electron chi connectivity index (χ2n) is 7.68. The highest BCUT2D eigenvalue weighted by molar-refractivity contribution is 5.96. The Balaban J connectivity index is 1.59. The summed E-state index contributed by atoms with van der Waals surface area (Å²) in [7, 11) is 2.02. The molecule has 1 aliphatic rings. The second kappa shape index (κ2) is 8.54. The summed E-state index contributed by atoms with van der Waals surface area (Å²) in [5, 5.41) is 7.21. The number of rotatable bonds is 5. The fourth-order valence-corrected chi connectivity index (χ4v) is 3.70. The molecule has 10 heteroatoms. The molecule has 3 heterocycles. The van der Waals surface area contributed by atoms with Crippen molar-refractivity contribution in [1.82, 2.24) is 24.4 Å². The molecule has 1 aliphatic heterocycles. The summed E-state index contributed by atoms with van der Waals surface area (Å²) in [6.45, 7) is 4.58. The first-order valence-electron chi connectivity index (χ1n) is 9.99. The molecular weight excluding hydrogens is 409 g/mol. The molecule has 164 valence electrons. The topological polar surface area (TPSA) is 65.8 Å². The number of piperazine rings is 1. The maximum absolute atomic E-state index is 14.5. The van der Waals surface area contributed by atoms with Crippen LogP contribution in [0.2, 0.25) is 0 Å². The Morgan fingerprint density at radius 3 is 2.58 bits per heavy atom. The summed E-state index contributed by atoms with van der Waals surface area (Å²) in [6, 6.07) is 4.98. The first kappa shape index (κ1) is 21.1. The van der Waals surface area contributed by atoms with Gasteiger partial charge >= 0.3 is 0 Å². The predicted octanol–water partition coefficient (Wildman–Crippen LogP) is 3.37. The van der Waals surface area contributed by atoms with Crippen molar-refractivity contribution in [3.63, 3.8) is 0 Å². The molecule has 1 aromatic carbocycles. The third-order valence-electron chi connectivity index (χ3n) is 5.56. The molecule has 31 heavy (non-hydrogen) atoms. The lowest BCUT2D eigenvalue weighted by Crippen LogP contribution is -2.47. The van der Waals surface area contributed by atoms with E-state index in [9.17, 15) is 18.0 Å². The normalized spacial score (nSPS) is 16.1. The molecule has 4 rings (SSSR count). The Labute approximate surface area is 177 Å². The Kier molecular flexibility index (Phi) is 5.81. The molecule has 0 radical (unpaired) electrons. The van der Waals surface area contributed by atoms with E-state index in [4.69, 9.17) is 0 Å². The molecule has 0 saturated carbocycles. The molecule has 3 aromatic rings. The van der Waals surface area contributed by atoms with Gasteiger partial charge in [-0.05, 0) is 20.0 Å². The van der Waals surface area contributed by atoms with E-state index < -0.39 is 23.8 Å². The van der Waals surface area contributed by atoms with Crippen molar-refractivity contribution in [3.05, 3.63) is 59.3 Å². The zero-order chi connectivity index (χ0) is 22.1. The number of anilines is 1. The van der Waals surface area contributed by atoms with Crippen molar-refractivity contribution in [2.24, 2.45) is 0 Å². The van der Waals surface area contributed by atoms with Gasteiger partial charge < -0.3 is 15.1 Å². The summed E-state index contributed by atoms with van der Waals surface area (Å²) in [5.74, 6) is -0.654. The molecule has 2 aromatic heterocycles. The van der Waals surface area contributed by atoms with Crippen LogP contribution >= 0.6 is 0 Å². The number of nitrogens with one attached hydrogen (secondary N) is 1. The van der Waals surface area contributed by atoms with Crippen molar-refractivity contribution in [3.8, 4) is 0 Å². The zero-order valence-corrected chi connectivity index (χ0v) is 17.2. The van der Waals surface area contributed by atoms with Crippen molar-refractivity contribution in [1.29, 1.82) is 0 Å². The van der Waals surface area contributed by atoms with Crippen LogP contribution in [-0.2, 0) is 0 Å². The van der Waals surface area contributed by atoms with Crippen LogP contribution in [0.5, 0.6) is 0 Å². The van der Waals surface area contributed by atoms with Crippen LogP contribution in [0.4, 0.5) is 19.0 Å². The average molecular weight is 432 g/mol. The summed E-state index contributed by atoms with van der Waals surface area (Å²) < 4.78 is 42.1. The number of carbonyl (C=O) groups is 1. The third-order valence-corrected chi connectivity index (χ3v) is 5.56. The smallest absolute Gasteiger partial charge is 0.266 e. The number of alkyl halides is 2. The van der Waals surface area contributed by atoms with Gasteiger partial charge in [-0.2, -0.15) is 5.10 Å². The molecule has 1 saturated heterocycles. The number of likely N-dealkylation sites (N-methyl/N-ethyl adjacent to an activating group) is 1. The van der Waals surface area contributed by atoms with Crippen LogP contribution in [0, 0.1) is 5.82 Å². The number of halogens is 3. The predicted molar refractivity (Wildman–Crippen MR) is 110 cm³/mol. The van der Waals surface area contributed by atoms with E-state index in [0.717, 1.165) is 19.2 Å². The SMILES string of the molecule is C[C@@H](Nc1ncnn2cc(C(=O)N3CCN(C)CC3)cc12)c1cccc(C(F)F)c1F. The van der Waals surface area contributed by atoms with Gasteiger partial charge in [-0.3, -0.25) is 4.79 Å². The van der Waals surface area contributed by atoms with Gasteiger partial charge in [0.05, 0.1) is 17.2 Å². The second-order valence-corrected chi connectivity index (χ2v) is 7.68. The van der Waals surface area contributed by atoms with Crippen LogP contribution in [0.1, 0.15) is 40.9 Å². The number of amides is 1. The fraction of sp³-hybridized carbons (Fsp3) is 0.381. The maximum Gasteiger partial charge on any atom is 0.266 e. The van der Waals surface area contributed by atoms with Gasteiger partial charge in [0.1, 0.15) is 17.7 Å². The van der Waals surface area contributed by atoms with Gasteiger partial charge in [-0.1, -0.05) is 18.2 Å². The minimum Gasteiger partial charge on any atom is -0.362 e. The summed E-state index contributed by atoms with van der Waals surface area (Å²) in [5.41, 5.74) is 0.487. The zero-order valence-electron chi connectivity index (χ0n) is 17.2. The Bertz CT molecular complexity index is 1090. The van der Waals surface area contributed by atoms with Gasteiger partial charge in [0.2, 0.25) is 0 Å². The minimum atomic E-state index is -2.90. The first-order chi connectivity index (χ1) is 14.8. The monoisotopic (exact) mass is 432 g/mol. The highest BCUT2D eigenvalue weighted by Gasteiger charge is 2.23. The minimum absolute atomic E-state index is 0.0896. The molecule has 0 spiro atoms. The van der Waals surface area contributed by atoms with Gasteiger partial charge in [0.15, 0.2) is 5.82 Å². The number of aromatic nitrogens is 3. The van der Waals surface area contributed by atoms with E-state index in [1.165, 1.54) is 23.0 Å².